The Hall–Kier alpha value is -0.540. The fourth-order valence-corrected chi connectivity index (χ4v) is 2.18. The molecule has 0 atom stereocenters. The van der Waals surface area contributed by atoms with Crippen LogP contribution in [0.1, 0.15) is 0 Å². The Morgan fingerprint density at radius 2 is 1.75 bits per heavy atom. The van der Waals surface area contributed by atoms with Crippen LogP contribution in [0.3, 0.4) is 0 Å². The highest BCUT2D eigenvalue weighted by atomic mass is 35.5. The van der Waals surface area contributed by atoms with E-state index in [1.54, 1.807) is 23.0 Å². The smallest absolute Gasteiger partial charge is 0.142 e. The third-order valence-corrected chi connectivity index (χ3v) is 3.51. The van der Waals surface area contributed by atoms with Crippen LogP contribution in [0.2, 0.25) is 20.1 Å². The van der Waals surface area contributed by atoms with Crippen LogP contribution in [0.15, 0.2) is 24.5 Å². The normalized spacial score (nSPS) is 10.8. The molecule has 1 aromatic heterocycles. The zero-order chi connectivity index (χ0) is 11.9. The molecule has 0 saturated carbocycles. The van der Waals surface area contributed by atoms with E-state index in [2.05, 4.69) is 0 Å². The molecular weight excluding hydrogens is 292 g/mol. The highest BCUT2D eigenvalue weighted by Crippen LogP contribution is 2.40. The van der Waals surface area contributed by atoms with Gasteiger partial charge in [-0.1, -0.05) is 46.4 Å². The molecule has 1 heterocycles. The quantitative estimate of drug-likeness (QED) is 0.752. The van der Waals surface area contributed by atoms with Gasteiger partial charge < -0.3 is 9.67 Å². The molecule has 0 spiro atoms. The summed E-state index contributed by atoms with van der Waals surface area (Å²) >= 11 is 23.5. The number of benzene rings is 1. The first-order valence-corrected chi connectivity index (χ1v) is 5.72. The number of hydrogen-bond acceptors (Lipinski definition) is 1. The van der Waals surface area contributed by atoms with Crippen molar-refractivity contribution in [2.45, 2.75) is 0 Å². The lowest BCUT2D eigenvalue weighted by atomic mass is 10.3. The molecule has 84 valence electrons. The van der Waals surface area contributed by atoms with E-state index in [9.17, 15) is 5.11 Å². The van der Waals surface area contributed by atoms with E-state index in [4.69, 9.17) is 46.4 Å². The number of rotatable bonds is 1. The molecule has 16 heavy (non-hydrogen) atoms. The van der Waals surface area contributed by atoms with E-state index in [0.29, 0.717) is 10.7 Å². The van der Waals surface area contributed by atoms with Crippen molar-refractivity contribution in [3.63, 3.8) is 0 Å². The number of aromatic hydroxyl groups is 1. The van der Waals surface area contributed by atoms with E-state index in [1.165, 1.54) is 6.07 Å². The molecule has 0 unspecified atom stereocenters. The maximum Gasteiger partial charge on any atom is 0.142 e. The maximum atomic E-state index is 9.77. The molecule has 6 heteroatoms. The van der Waals surface area contributed by atoms with Crippen molar-refractivity contribution in [1.82, 2.24) is 4.57 Å². The van der Waals surface area contributed by atoms with Gasteiger partial charge in [0.25, 0.3) is 0 Å². The first kappa shape index (κ1) is 11.9. The Bertz CT molecular complexity index is 550. The summed E-state index contributed by atoms with van der Waals surface area (Å²) in [5.41, 5.74) is 0.350. The average molecular weight is 297 g/mol. The fraction of sp³-hybridized carbons (Fsp3) is 0. The number of nitrogens with zero attached hydrogens (tertiary/aromatic N) is 1. The van der Waals surface area contributed by atoms with Crippen molar-refractivity contribution in [2.75, 3.05) is 0 Å². The van der Waals surface area contributed by atoms with Crippen LogP contribution in [0, 0.1) is 0 Å². The molecule has 0 fully saturated rings. The van der Waals surface area contributed by atoms with Crippen molar-refractivity contribution in [3.05, 3.63) is 44.6 Å². The Morgan fingerprint density at radius 3 is 2.31 bits per heavy atom. The van der Waals surface area contributed by atoms with Gasteiger partial charge in [0.2, 0.25) is 0 Å². The number of aromatic nitrogens is 1. The molecule has 2 nitrogen and oxygen atoms in total. The molecule has 0 radical (unpaired) electrons. The Morgan fingerprint density at radius 1 is 1.06 bits per heavy atom. The summed E-state index contributed by atoms with van der Waals surface area (Å²) in [4.78, 5) is 0. The first-order valence-electron chi connectivity index (χ1n) is 4.21. The van der Waals surface area contributed by atoms with Crippen LogP contribution >= 0.6 is 46.4 Å². The zero-order valence-electron chi connectivity index (χ0n) is 7.72. The summed E-state index contributed by atoms with van der Waals surface area (Å²) in [6, 6.07) is 3.00. The van der Waals surface area contributed by atoms with Crippen LogP contribution in [0.5, 0.6) is 5.75 Å². The van der Waals surface area contributed by atoms with Gasteiger partial charge in [0, 0.05) is 18.5 Å². The number of hydrogen-bond donors (Lipinski definition) is 1. The standard InChI is InChI=1S/C10H5Cl4NO/c11-5-1-2-15(4-5)10-7(16)3-6(12)8(13)9(10)14/h1-4,16H. The van der Waals surface area contributed by atoms with Gasteiger partial charge >= 0.3 is 0 Å². The van der Waals surface area contributed by atoms with E-state index in [-0.39, 0.29) is 20.8 Å². The van der Waals surface area contributed by atoms with Gasteiger partial charge in [-0.3, -0.25) is 0 Å². The minimum absolute atomic E-state index is 0.0633. The van der Waals surface area contributed by atoms with Gasteiger partial charge in [-0.2, -0.15) is 0 Å². The highest BCUT2D eigenvalue weighted by molar-refractivity contribution is 6.49. The van der Waals surface area contributed by atoms with Crippen molar-refractivity contribution < 1.29 is 5.11 Å². The third-order valence-electron chi connectivity index (χ3n) is 2.03. The van der Waals surface area contributed by atoms with Crippen molar-refractivity contribution in [2.24, 2.45) is 0 Å². The monoisotopic (exact) mass is 295 g/mol. The summed E-state index contributed by atoms with van der Waals surface area (Å²) < 4.78 is 1.57. The molecule has 0 aliphatic carbocycles. The fourth-order valence-electron chi connectivity index (χ4n) is 1.33. The van der Waals surface area contributed by atoms with Crippen molar-refractivity contribution >= 4 is 46.4 Å². The minimum atomic E-state index is -0.0633. The SMILES string of the molecule is Oc1cc(Cl)c(Cl)c(Cl)c1-n1ccc(Cl)c1. The third kappa shape index (κ3) is 1.98. The van der Waals surface area contributed by atoms with Crippen molar-refractivity contribution in [1.29, 1.82) is 0 Å². The molecule has 2 rings (SSSR count). The summed E-state index contributed by atoms with van der Waals surface area (Å²) in [7, 11) is 0. The molecular formula is C10H5Cl4NO. The van der Waals surface area contributed by atoms with Gasteiger partial charge in [0.1, 0.15) is 11.4 Å². The minimum Gasteiger partial charge on any atom is -0.506 e. The van der Waals surface area contributed by atoms with Gasteiger partial charge in [0.15, 0.2) is 0 Å². The predicted molar refractivity (Wildman–Crippen MR) is 67.5 cm³/mol. The molecule has 0 bridgehead atoms. The highest BCUT2D eigenvalue weighted by Gasteiger charge is 2.15. The molecule has 1 N–H and O–H groups in total. The van der Waals surface area contributed by atoms with Crippen LogP contribution in [0.25, 0.3) is 5.69 Å². The molecule has 0 amide bonds. The maximum absolute atomic E-state index is 9.77. The summed E-state index contributed by atoms with van der Waals surface area (Å²) in [5.74, 6) is -0.0633. The Balaban J connectivity index is 2.70. The predicted octanol–water partition coefficient (Wildman–Crippen LogP) is 4.80. The molecule has 0 saturated heterocycles. The lowest BCUT2D eigenvalue weighted by Crippen LogP contribution is -1.93. The largest absolute Gasteiger partial charge is 0.506 e. The van der Waals surface area contributed by atoms with E-state index < -0.39 is 0 Å². The lowest BCUT2D eigenvalue weighted by molar-refractivity contribution is 0.472. The topological polar surface area (TPSA) is 25.2 Å². The number of halogens is 4. The van der Waals surface area contributed by atoms with Gasteiger partial charge in [0.05, 0.1) is 20.1 Å². The number of phenols is 1. The lowest BCUT2D eigenvalue weighted by Gasteiger charge is -2.10. The van der Waals surface area contributed by atoms with Crippen LogP contribution in [-0.2, 0) is 0 Å². The molecule has 2 aromatic rings. The summed E-state index contributed by atoms with van der Waals surface area (Å²) in [6.07, 6.45) is 3.26. The van der Waals surface area contributed by atoms with Gasteiger partial charge in [-0.25, -0.2) is 0 Å². The average Bonchev–Trinajstić information content (AvgIpc) is 2.61. The van der Waals surface area contributed by atoms with Crippen LogP contribution < -0.4 is 0 Å². The molecule has 0 aliphatic heterocycles. The van der Waals surface area contributed by atoms with E-state index >= 15 is 0 Å². The molecule has 1 aromatic carbocycles. The van der Waals surface area contributed by atoms with E-state index in [1.807, 2.05) is 0 Å². The van der Waals surface area contributed by atoms with Gasteiger partial charge in [-0.15, -0.1) is 0 Å². The Labute approximate surface area is 112 Å². The number of phenolic OH excluding ortho intramolecular Hbond substituents is 1. The first-order chi connectivity index (χ1) is 7.50. The second-order valence-electron chi connectivity index (χ2n) is 3.09. The van der Waals surface area contributed by atoms with Crippen molar-refractivity contribution in [3.8, 4) is 11.4 Å². The Kier molecular flexibility index (Phi) is 3.27. The van der Waals surface area contributed by atoms with E-state index in [0.717, 1.165) is 0 Å². The van der Waals surface area contributed by atoms with Gasteiger partial charge in [-0.05, 0) is 6.07 Å². The van der Waals surface area contributed by atoms with Crippen LogP contribution in [-0.4, -0.2) is 9.67 Å². The second kappa shape index (κ2) is 4.38. The molecule has 0 aliphatic rings. The summed E-state index contributed by atoms with van der Waals surface area (Å²) in [5, 5.41) is 10.9. The summed E-state index contributed by atoms with van der Waals surface area (Å²) in [6.45, 7) is 0. The zero-order valence-corrected chi connectivity index (χ0v) is 10.7. The second-order valence-corrected chi connectivity index (χ2v) is 4.69. The van der Waals surface area contributed by atoms with Crippen LogP contribution in [0.4, 0.5) is 0 Å².